The van der Waals surface area contributed by atoms with Crippen LogP contribution in [-0.4, -0.2) is 46.4 Å². The third-order valence-corrected chi connectivity index (χ3v) is 10.9. The van der Waals surface area contributed by atoms with E-state index >= 15 is 0 Å². The molecule has 0 aliphatic heterocycles. The van der Waals surface area contributed by atoms with E-state index < -0.39 is 5.79 Å². The highest BCUT2D eigenvalue weighted by molar-refractivity contribution is 5.36. The lowest BCUT2D eigenvalue weighted by Gasteiger charge is -2.46. The Kier molecular flexibility index (Phi) is 55.1. The Hall–Kier alpha value is -4.06. The second kappa shape index (κ2) is 44.4. The standard InChI is InChI=1S/C43H48.C5H12O2.C2H6O.2C2H6.CH4O.8CH4/c1-34(35-21-11-6-12-22-35)40(36-23-13-7-14-24-36)31-42(4,38-27-17-9-18-28-38)33-43(5,39-29-19-10-20-30-39)32-41(2,3)37-25-15-8-16-26-37;1-5(2,6-3)7-4;1-3-2;3*1-2;;;;;;;;/h6-30,34,40H,31-33H2,1-5H3;1-4H3;1-2H3;2*1-2H3;2H,1H3;8*1H4. The minimum absolute atomic E-state index is 0. The molecule has 390 valence electrons. The highest BCUT2D eigenvalue weighted by Gasteiger charge is 2.43. The zero-order chi connectivity index (χ0) is 45.0. The van der Waals surface area contributed by atoms with Crippen molar-refractivity contribution in [3.05, 3.63) is 179 Å². The van der Waals surface area contributed by atoms with Crippen LogP contribution in [0.25, 0.3) is 0 Å². The molecule has 1 N–H and O–H groups in total. The maximum absolute atomic E-state index is 7.00. The van der Waals surface area contributed by atoms with Crippen molar-refractivity contribution in [2.75, 3.05) is 35.5 Å². The van der Waals surface area contributed by atoms with Gasteiger partial charge >= 0.3 is 0 Å². The fourth-order valence-electron chi connectivity index (χ4n) is 7.91. The molecule has 4 atom stereocenters. The number of hydrogen-bond donors (Lipinski definition) is 1. The Morgan fingerprint density at radius 2 is 0.672 bits per heavy atom. The summed E-state index contributed by atoms with van der Waals surface area (Å²) in [5.41, 5.74) is 6.97. The van der Waals surface area contributed by atoms with E-state index in [0.717, 1.165) is 26.4 Å². The van der Waals surface area contributed by atoms with Crippen LogP contribution in [0.2, 0.25) is 0 Å². The Morgan fingerprint density at radius 3 is 0.970 bits per heavy atom. The lowest BCUT2D eigenvalue weighted by Crippen LogP contribution is -2.40. The molecule has 4 nitrogen and oxygen atoms in total. The molecule has 0 saturated heterocycles. The number of methoxy groups -OCH3 is 3. The zero-order valence-electron chi connectivity index (χ0n) is 39.9. The fourth-order valence-corrected chi connectivity index (χ4v) is 7.91. The van der Waals surface area contributed by atoms with E-state index in [4.69, 9.17) is 14.6 Å². The first-order valence-corrected chi connectivity index (χ1v) is 21.5. The van der Waals surface area contributed by atoms with Crippen LogP contribution in [-0.2, 0) is 30.5 Å². The second-order valence-corrected chi connectivity index (χ2v) is 16.1. The summed E-state index contributed by atoms with van der Waals surface area (Å²) in [5, 5.41) is 7.00. The van der Waals surface area contributed by atoms with Crippen molar-refractivity contribution in [1.29, 1.82) is 0 Å². The van der Waals surface area contributed by atoms with Crippen LogP contribution in [0, 0.1) is 0 Å². The van der Waals surface area contributed by atoms with Crippen molar-refractivity contribution in [2.24, 2.45) is 0 Å². The van der Waals surface area contributed by atoms with E-state index in [0.29, 0.717) is 11.8 Å². The Balaban J connectivity index is -0.000000177. The van der Waals surface area contributed by atoms with Crippen molar-refractivity contribution < 1.29 is 19.3 Å². The molecule has 0 amide bonds. The number of benzene rings is 5. The summed E-state index contributed by atoms with van der Waals surface area (Å²) < 4.78 is 14.0. The average molecular weight is 936 g/mol. The van der Waals surface area contributed by atoms with Crippen molar-refractivity contribution in [3.63, 3.8) is 0 Å². The molecule has 0 bridgehead atoms. The second-order valence-electron chi connectivity index (χ2n) is 16.1. The van der Waals surface area contributed by atoms with Gasteiger partial charge in [0.2, 0.25) is 0 Å². The molecular formula is C63H114O4. The Morgan fingerprint density at radius 1 is 0.403 bits per heavy atom. The van der Waals surface area contributed by atoms with Crippen LogP contribution in [0.5, 0.6) is 0 Å². The summed E-state index contributed by atoms with van der Waals surface area (Å²) in [5.74, 6) is 0.339. The zero-order valence-corrected chi connectivity index (χ0v) is 39.9. The normalized spacial score (nSPS) is 12.1. The number of aliphatic hydroxyl groups is 1. The van der Waals surface area contributed by atoms with Gasteiger partial charge in [-0.3, -0.25) is 0 Å². The van der Waals surface area contributed by atoms with E-state index in [1.165, 1.54) is 27.8 Å². The van der Waals surface area contributed by atoms with Crippen LogP contribution < -0.4 is 0 Å². The van der Waals surface area contributed by atoms with Gasteiger partial charge < -0.3 is 19.3 Å². The molecule has 5 rings (SSSR count). The minimum atomic E-state index is -0.417. The largest absolute Gasteiger partial charge is 0.400 e. The van der Waals surface area contributed by atoms with Gasteiger partial charge in [-0.05, 0) is 89.0 Å². The minimum Gasteiger partial charge on any atom is -0.400 e. The molecule has 0 spiro atoms. The fraction of sp³-hybridized carbons (Fsp3) is 0.524. The summed E-state index contributed by atoms with van der Waals surface area (Å²) in [6, 6.07) is 56.0. The predicted molar refractivity (Wildman–Crippen MR) is 311 cm³/mol. The van der Waals surface area contributed by atoms with Gasteiger partial charge in [-0.25, -0.2) is 0 Å². The smallest absolute Gasteiger partial charge is 0.161 e. The molecule has 0 aromatic heterocycles. The van der Waals surface area contributed by atoms with Gasteiger partial charge in [0.25, 0.3) is 0 Å². The number of rotatable bonds is 14. The van der Waals surface area contributed by atoms with E-state index in [1.807, 2.05) is 41.5 Å². The quantitative estimate of drug-likeness (QED) is 0.113. The first kappa shape index (κ1) is 83.0. The number of hydrogen-bond acceptors (Lipinski definition) is 4. The number of aliphatic hydroxyl groups excluding tert-OH is 1. The van der Waals surface area contributed by atoms with E-state index in [-0.39, 0.29) is 75.7 Å². The van der Waals surface area contributed by atoms with Gasteiger partial charge in [0.1, 0.15) is 0 Å². The molecule has 0 aliphatic carbocycles. The Bertz CT molecular complexity index is 1690. The summed E-state index contributed by atoms with van der Waals surface area (Å²) in [7, 11) is 7.48. The van der Waals surface area contributed by atoms with Crippen molar-refractivity contribution >= 4 is 0 Å². The summed E-state index contributed by atoms with van der Waals surface area (Å²) in [6.07, 6.45) is 3.17. The van der Waals surface area contributed by atoms with Gasteiger partial charge in [-0.2, -0.15) is 0 Å². The van der Waals surface area contributed by atoms with Crippen LogP contribution in [0.3, 0.4) is 0 Å². The van der Waals surface area contributed by atoms with Crippen LogP contribution in [0.4, 0.5) is 0 Å². The molecule has 0 heterocycles. The summed E-state index contributed by atoms with van der Waals surface area (Å²) in [6.45, 7) is 24.0. The van der Waals surface area contributed by atoms with Gasteiger partial charge in [0, 0.05) is 35.5 Å². The molecule has 4 unspecified atom stereocenters. The molecule has 5 aromatic rings. The Labute approximate surface area is 421 Å². The molecule has 4 heteroatoms. The monoisotopic (exact) mass is 935 g/mol. The molecule has 0 saturated carbocycles. The molecular weight excluding hydrogens is 821 g/mol. The maximum Gasteiger partial charge on any atom is 0.161 e. The SMILES string of the molecule is C.C.C.C.C.C.C.C.CC.CC.CC(c1ccccc1)C(CC(C)(CC(C)(CC(C)(C)c1ccccc1)c1ccccc1)c1ccccc1)c1ccccc1.CO.COC.COC(C)(C)OC. The average Bonchev–Trinajstić information content (AvgIpc) is 3.29. The van der Waals surface area contributed by atoms with Crippen molar-refractivity contribution in [3.8, 4) is 0 Å². The van der Waals surface area contributed by atoms with E-state index in [1.54, 1.807) is 28.4 Å². The molecule has 0 radical (unpaired) electrons. The highest BCUT2D eigenvalue weighted by Crippen LogP contribution is 2.51. The van der Waals surface area contributed by atoms with Gasteiger partial charge in [-0.1, -0.05) is 273 Å². The molecule has 67 heavy (non-hydrogen) atoms. The van der Waals surface area contributed by atoms with Gasteiger partial charge in [0.05, 0.1) is 0 Å². The summed E-state index contributed by atoms with van der Waals surface area (Å²) >= 11 is 0. The predicted octanol–water partition coefficient (Wildman–Crippen LogP) is 19.7. The van der Waals surface area contributed by atoms with Gasteiger partial charge in [0.15, 0.2) is 5.79 Å². The van der Waals surface area contributed by atoms with Crippen LogP contribution in [0.1, 0.15) is 194 Å². The lowest BCUT2D eigenvalue weighted by molar-refractivity contribution is -0.178. The molecule has 0 fully saturated rings. The molecule has 0 aliphatic rings. The number of ether oxygens (including phenoxy) is 3. The highest BCUT2D eigenvalue weighted by atomic mass is 16.7. The first-order chi connectivity index (χ1) is 28.2. The molecule has 5 aromatic carbocycles. The van der Waals surface area contributed by atoms with Crippen molar-refractivity contribution in [2.45, 2.75) is 189 Å². The third-order valence-electron chi connectivity index (χ3n) is 10.9. The third kappa shape index (κ3) is 28.1. The van der Waals surface area contributed by atoms with Crippen molar-refractivity contribution in [1.82, 2.24) is 0 Å². The topological polar surface area (TPSA) is 47.9 Å². The first-order valence-electron chi connectivity index (χ1n) is 21.5. The van der Waals surface area contributed by atoms with Crippen LogP contribution in [0.15, 0.2) is 152 Å². The van der Waals surface area contributed by atoms with E-state index in [2.05, 4.69) is 191 Å². The van der Waals surface area contributed by atoms with Crippen LogP contribution >= 0.6 is 0 Å². The van der Waals surface area contributed by atoms with E-state index in [9.17, 15) is 0 Å². The van der Waals surface area contributed by atoms with Gasteiger partial charge in [-0.15, -0.1) is 0 Å². The maximum atomic E-state index is 7.00. The summed E-state index contributed by atoms with van der Waals surface area (Å²) in [4.78, 5) is 0. The lowest BCUT2D eigenvalue weighted by atomic mass is 9.58.